The molecule has 0 saturated carbocycles. The summed E-state index contributed by atoms with van der Waals surface area (Å²) in [5, 5.41) is 2.79. The van der Waals surface area contributed by atoms with Gasteiger partial charge in [-0.2, -0.15) is 0 Å². The number of para-hydroxylation sites is 1. The molecule has 0 heterocycles. The number of hydrogen-bond donors (Lipinski definition) is 2. The summed E-state index contributed by atoms with van der Waals surface area (Å²) in [6.07, 6.45) is 0. The molecule has 0 spiro atoms. The number of nitrogens with two attached hydrogens (primary N) is 1. The molecule has 2 rings (SSSR count). The molecule has 0 bridgehead atoms. The van der Waals surface area contributed by atoms with Crippen LogP contribution >= 0.6 is 15.9 Å². The molecule has 2 aromatic carbocycles. The lowest BCUT2D eigenvalue weighted by atomic mass is 10.1. The number of hydrogen-bond acceptors (Lipinski definition) is 3. The van der Waals surface area contributed by atoms with Crippen LogP contribution in [0.2, 0.25) is 0 Å². The van der Waals surface area contributed by atoms with Gasteiger partial charge in [-0.05, 0) is 65.2 Å². The number of anilines is 2. The third-order valence-corrected chi connectivity index (χ3v) is 3.76. The maximum Gasteiger partial charge on any atom is 0.262 e. The zero-order valence-electron chi connectivity index (χ0n) is 11.9. The molecule has 0 aliphatic heterocycles. The summed E-state index contributed by atoms with van der Waals surface area (Å²) in [6, 6.07) is 11.1. The molecule has 110 valence electrons. The minimum Gasteiger partial charge on any atom is -0.483 e. The van der Waals surface area contributed by atoms with Crippen LogP contribution in [0, 0.1) is 13.8 Å². The normalized spacial score (nSPS) is 10.2. The number of benzene rings is 2. The first-order valence-electron chi connectivity index (χ1n) is 6.51. The van der Waals surface area contributed by atoms with Gasteiger partial charge in [0.25, 0.3) is 5.91 Å². The summed E-state index contributed by atoms with van der Waals surface area (Å²) in [5.74, 6) is 0.458. The van der Waals surface area contributed by atoms with Crippen molar-refractivity contribution in [2.45, 2.75) is 13.8 Å². The second-order valence-electron chi connectivity index (χ2n) is 4.79. The summed E-state index contributed by atoms with van der Waals surface area (Å²) in [4.78, 5) is 11.9. The van der Waals surface area contributed by atoms with Gasteiger partial charge >= 0.3 is 0 Å². The molecule has 0 radical (unpaired) electrons. The van der Waals surface area contributed by atoms with Crippen molar-refractivity contribution in [1.82, 2.24) is 0 Å². The third kappa shape index (κ3) is 3.98. The van der Waals surface area contributed by atoms with E-state index in [0.29, 0.717) is 5.75 Å². The van der Waals surface area contributed by atoms with Crippen LogP contribution in [0.5, 0.6) is 5.75 Å². The fourth-order valence-corrected chi connectivity index (χ4v) is 2.24. The first-order valence-corrected chi connectivity index (χ1v) is 7.30. The zero-order valence-corrected chi connectivity index (χ0v) is 13.5. The lowest BCUT2D eigenvalue weighted by Crippen LogP contribution is -2.20. The molecular weight excluding hydrogens is 332 g/mol. The van der Waals surface area contributed by atoms with E-state index in [1.54, 1.807) is 0 Å². The molecule has 4 nitrogen and oxygen atoms in total. The van der Waals surface area contributed by atoms with Gasteiger partial charge in [0.2, 0.25) is 0 Å². The predicted octanol–water partition coefficient (Wildman–Crippen LogP) is 3.67. The SMILES string of the molecule is Cc1cc(OCC(=O)Nc2ccccc2Br)c(C)cc1N. The number of aryl methyl sites for hydroxylation is 2. The Morgan fingerprint density at radius 1 is 1.24 bits per heavy atom. The molecule has 1 amide bonds. The van der Waals surface area contributed by atoms with Crippen molar-refractivity contribution in [1.29, 1.82) is 0 Å². The van der Waals surface area contributed by atoms with Crippen LogP contribution < -0.4 is 15.8 Å². The Hall–Kier alpha value is -2.01. The fraction of sp³-hybridized carbons (Fsp3) is 0.188. The molecule has 0 atom stereocenters. The highest BCUT2D eigenvalue weighted by Crippen LogP contribution is 2.24. The summed E-state index contributed by atoms with van der Waals surface area (Å²) in [7, 11) is 0. The summed E-state index contributed by atoms with van der Waals surface area (Å²) in [5.41, 5.74) is 9.10. The Balaban J connectivity index is 1.99. The van der Waals surface area contributed by atoms with Crippen LogP contribution in [-0.2, 0) is 4.79 Å². The van der Waals surface area contributed by atoms with E-state index in [9.17, 15) is 4.79 Å². The smallest absolute Gasteiger partial charge is 0.262 e. The van der Waals surface area contributed by atoms with E-state index in [1.807, 2.05) is 50.2 Å². The number of halogens is 1. The van der Waals surface area contributed by atoms with Gasteiger partial charge in [-0.1, -0.05) is 12.1 Å². The predicted molar refractivity (Wildman–Crippen MR) is 88.6 cm³/mol. The molecule has 0 aromatic heterocycles. The van der Waals surface area contributed by atoms with Crippen molar-refractivity contribution in [3.63, 3.8) is 0 Å². The number of amides is 1. The molecule has 0 fully saturated rings. The molecule has 21 heavy (non-hydrogen) atoms. The van der Waals surface area contributed by atoms with Gasteiger partial charge in [-0.3, -0.25) is 4.79 Å². The maximum absolute atomic E-state index is 11.9. The highest BCUT2D eigenvalue weighted by Gasteiger charge is 2.08. The van der Waals surface area contributed by atoms with Gasteiger partial charge < -0.3 is 15.8 Å². The average molecular weight is 349 g/mol. The van der Waals surface area contributed by atoms with E-state index in [-0.39, 0.29) is 12.5 Å². The quantitative estimate of drug-likeness (QED) is 0.828. The molecule has 0 unspecified atom stereocenters. The van der Waals surface area contributed by atoms with E-state index in [4.69, 9.17) is 10.5 Å². The summed E-state index contributed by atoms with van der Waals surface area (Å²) in [6.45, 7) is 3.76. The van der Waals surface area contributed by atoms with Crippen molar-refractivity contribution >= 4 is 33.2 Å². The number of ether oxygens (including phenoxy) is 1. The molecular formula is C16H17BrN2O2. The summed E-state index contributed by atoms with van der Waals surface area (Å²) >= 11 is 3.38. The molecule has 2 aromatic rings. The molecule has 0 aliphatic rings. The summed E-state index contributed by atoms with van der Waals surface area (Å²) < 4.78 is 6.39. The second kappa shape index (κ2) is 6.63. The first-order chi connectivity index (χ1) is 9.97. The number of rotatable bonds is 4. The van der Waals surface area contributed by atoms with E-state index < -0.39 is 0 Å². The average Bonchev–Trinajstić information content (AvgIpc) is 2.44. The minimum atomic E-state index is -0.212. The van der Waals surface area contributed by atoms with Crippen molar-refractivity contribution in [3.05, 3.63) is 52.0 Å². The second-order valence-corrected chi connectivity index (χ2v) is 5.65. The number of carbonyl (C=O) groups is 1. The molecule has 0 saturated heterocycles. The molecule has 3 N–H and O–H groups in total. The Morgan fingerprint density at radius 2 is 1.95 bits per heavy atom. The van der Waals surface area contributed by atoms with Crippen LogP contribution in [0.3, 0.4) is 0 Å². The van der Waals surface area contributed by atoms with Crippen LogP contribution in [0.25, 0.3) is 0 Å². The lowest BCUT2D eigenvalue weighted by Gasteiger charge is -2.12. The van der Waals surface area contributed by atoms with E-state index >= 15 is 0 Å². The highest BCUT2D eigenvalue weighted by atomic mass is 79.9. The minimum absolute atomic E-state index is 0.0501. The van der Waals surface area contributed by atoms with Gasteiger partial charge in [-0.25, -0.2) is 0 Å². The first kappa shape index (κ1) is 15.4. The van der Waals surface area contributed by atoms with Crippen molar-refractivity contribution in [3.8, 4) is 5.75 Å². The van der Waals surface area contributed by atoms with Gasteiger partial charge in [0.05, 0.1) is 5.69 Å². The van der Waals surface area contributed by atoms with Crippen LogP contribution in [0.4, 0.5) is 11.4 Å². The lowest BCUT2D eigenvalue weighted by molar-refractivity contribution is -0.118. The standard InChI is InChI=1S/C16H17BrN2O2/c1-10-8-15(11(2)7-13(10)18)21-9-16(20)19-14-6-4-3-5-12(14)17/h3-8H,9,18H2,1-2H3,(H,19,20). The van der Waals surface area contributed by atoms with Gasteiger partial charge in [0.15, 0.2) is 6.61 Å². The van der Waals surface area contributed by atoms with E-state index in [2.05, 4.69) is 21.2 Å². The van der Waals surface area contributed by atoms with Crippen molar-refractivity contribution < 1.29 is 9.53 Å². The van der Waals surface area contributed by atoms with Crippen LogP contribution in [0.1, 0.15) is 11.1 Å². The Kier molecular flexibility index (Phi) is 4.85. The zero-order chi connectivity index (χ0) is 15.4. The van der Waals surface area contributed by atoms with E-state index in [1.165, 1.54) is 0 Å². The molecule has 0 aliphatic carbocycles. The molecule has 5 heteroatoms. The van der Waals surface area contributed by atoms with Gasteiger partial charge in [-0.15, -0.1) is 0 Å². The van der Waals surface area contributed by atoms with E-state index in [0.717, 1.165) is 27.0 Å². The van der Waals surface area contributed by atoms with Gasteiger partial charge in [0.1, 0.15) is 5.75 Å². The van der Waals surface area contributed by atoms with Crippen LogP contribution in [-0.4, -0.2) is 12.5 Å². The van der Waals surface area contributed by atoms with Crippen LogP contribution in [0.15, 0.2) is 40.9 Å². The highest BCUT2D eigenvalue weighted by molar-refractivity contribution is 9.10. The Labute approximate surface area is 132 Å². The van der Waals surface area contributed by atoms with Gasteiger partial charge in [0, 0.05) is 10.2 Å². The number of carbonyl (C=O) groups excluding carboxylic acids is 1. The number of nitrogen functional groups attached to an aromatic ring is 1. The Bertz CT molecular complexity index is 671. The van der Waals surface area contributed by atoms with Crippen molar-refractivity contribution in [2.24, 2.45) is 0 Å². The number of nitrogens with one attached hydrogen (secondary N) is 1. The van der Waals surface area contributed by atoms with Crippen molar-refractivity contribution in [2.75, 3.05) is 17.7 Å². The maximum atomic E-state index is 11.9. The topological polar surface area (TPSA) is 64.3 Å². The third-order valence-electron chi connectivity index (χ3n) is 3.07. The largest absolute Gasteiger partial charge is 0.483 e. The fourth-order valence-electron chi connectivity index (χ4n) is 1.86. The monoisotopic (exact) mass is 348 g/mol. The Morgan fingerprint density at radius 3 is 2.67 bits per heavy atom.